The summed E-state index contributed by atoms with van der Waals surface area (Å²) in [5.41, 5.74) is 1.11. The van der Waals surface area contributed by atoms with Crippen LogP contribution in [0, 0.1) is 5.82 Å². The van der Waals surface area contributed by atoms with Crippen LogP contribution in [0.5, 0.6) is 0 Å². The highest BCUT2D eigenvalue weighted by Crippen LogP contribution is 2.19. The maximum atomic E-state index is 14.0. The molecule has 0 saturated carbocycles. The van der Waals surface area contributed by atoms with Crippen LogP contribution in [-0.4, -0.2) is 40.5 Å². The van der Waals surface area contributed by atoms with Gasteiger partial charge in [0.15, 0.2) is 0 Å². The minimum absolute atomic E-state index is 0.0356. The van der Waals surface area contributed by atoms with Gasteiger partial charge in [-0.2, -0.15) is 0 Å². The summed E-state index contributed by atoms with van der Waals surface area (Å²) in [6.45, 7) is 3.34. The van der Waals surface area contributed by atoms with E-state index in [1.54, 1.807) is 17.0 Å². The minimum Gasteiger partial charge on any atom is -0.377 e. The smallest absolute Gasteiger partial charge is 0.214 e. The van der Waals surface area contributed by atoms with E-state index in [4.69, 9.17) is 4.74 Å². The molecule has 1 heterocycles. The Morgan fingerprint density at radius 1 is 1.45 bits per heavy atom. The van der Waals surface area contributed by atoms with Crippen molar-refractivity contribution in [3.8, 4) is 0 Å². The zero-order chi connectivity index (χ0) is 16.2. The van der Waals surface area contributed by atoms with E-state index < -0.39 is 10.0 Å². The highest BCUT2D eigenvalue weighted by Gasteiger charge is 2.23. The van der Waals surface area contributed by atoms with Crippen molar-refractivity contribution in [3.05, 3.63) is 29.6 Å². The van der Waals surface area contributed by atoms with Crippen LogP contribution in [0.3, 0.4) is 0 Å². The van der Waals surface area contributed by atoms with Gasteiger partial charge in [-0.05, 0) is 37.5 Å². The Labute approximate surface area is 131 Å². The number of ether oxygens (including phenoxy) is 1. The molecule has 0 unspecified atom stereocenters. The van der Waals surface area contributed by atoms with E-state index in [0.29, 0.717) is 24.4 Å². The second-order valence-electron chi connectivity index (χ2n) is 5.54. The van der Waals surface area contributed by atoms with Gasteiger partial charge in [0, 0.05) is 26.7 Å². The first-order valence-corrected chi connectivity index (χ1v) is 9.15. The van der Waals surface area contributed by atoms with Gasteiger partial charge in [0.05, 0.1) is 17.5 Å². The molecule has 1 saturated heterocycles. The van der Waals surface area contributed by atoms with E-state index in [1.165, 1.54) is 6.07 Å². The fourth-order valence-corrected chi connectivity index (χ4v) is 3.67. The Balaban J connectivity index is 1.94. The maximum absolute atomic E-state index is 14.0. The minimum atomic E-state index is -3.42. The molecule has 124 valence electrons. The standard InChI is InChI=1S/C15H23FN2O3S/c1-3-18(2)15-7-6-12(9-14(15)16)10-17-22(19,20)11-13-5-4-8-21-13/h6-7,9,13,17H,3-5,8,10-11H2,1-2H3/t13-/m1/s1. The lowest BCUT2D eigenvalue weighted by Crippen LogP contribution is -2.31. The molecule has 0 aromatic heterocycles. The number of sulfonamides is 1. The van der Waals surface area contributed by atoms with Crippen molar-refractivity contribution in [2.24, 2.45) is 0 Å². The molecule has 5 nitrogen and oxygen atoms in total. The fourth-order valence-electron chi connectivity index (χ4n) is 2.41. The normalized spacial score (nSPS) is 18.6. The van der Waals surface area contributed by atoms with Crippen molar-refractivity contribution in [2.45, 2.75) is 32.4 Å². The first kappa shape index (κ1) is 17.2. The van der Waals surface area contributed by atoms with Gasteiger partial charge in [-0.1, -0.05) is 6.07 Å². The van der Waals surface area contributed by atoms with E-state index in [-0.39, 0.29) is 24.2 Å². The van der Waals surface area contributed by atoms with Crippen LogP contribution >= 0.6 is 0 Å². The molecule has 0 bridgehead atoms. The van der Waals surface area contributed by atoms with Gasteiger partial charge in [-0.15, -0.1) is 0 Å². The molecule has 1 aliphatic rings. The molecule has 1 aromatic rings. The number of benzene rings is 1. The summed E-state index contributed by atoms with van der Waals surface area (Å²) >= 11 is 0. The molecular weight excluding hydrogens is 307 g/mol. The van der Waals surface area contributed by atoms with E-state index in [2.05, 4.69) is 4.72 Å². The van der Waals surface area contributed by atoms with Crippen LogP contribution in [0.2, 0.25) is 0 Å². The summed E-state index contributed by atoms with van der Waals surface area (Å²) < 4.78 is 45.8. The summed E-state index contributed by atoms with van der Waals surface area (Å²) in [6.07, 6.45) is 1.44. The average Bonchev–Trinajstić information content (AvgIpc) is 2.96. The van der Waals surface area contributed by atoms with Crippen molar-refractivity contribution >= 4 is 15.7 Å². The van der Waals surface area contributed by atoms with Gasteiger partial charge in [0.25, 0.3) is 0 Å². The molecule has 1 aliphatic heterocycles. The number of halogens is 1. The molecule has 22 heavy (non-hydrogen) atoms. The number of hydrogen-bond donors (Lipinski definition) is 1. The van der Waals surface area contributed by atoms with Crippen LogP contribution in [0.25, 0.3) is 0 Å². The number of nitrogens with zero attached hydrogens (tertiary/aromatic N) is 1. The highest BCUT2D eigenvalue weighted by molar-refractivity contribution is 7.89. The second-order valence-corrected chi connectivity index (χ2v) is 7.39. The van der Waals surface area contributed by atoms with Crippen molar-refractivity contribution in [2.75, 3.05) is 30.9 Å². The lowest BCUT2D eigenvalue weighted by molar-refractivity contribution is 0.127. The molecule has 7 heteroatoms. The number of anilines is 1. The van der Waals surface area contributed by atoms with Gasteiger partial charge < -0.3 is 9.64 Å². The highest BCUT2D eigenvalue weighted by atomic mass is 32.2. The Morgan fingerprint density at radius 2 is 2.23 bits per heavy atom. The molecule has 2 rings (SSSR count). The molecule has 1 atom stereocenters. The van der Waals surface area contributed by atoms with E-state index in [9.17, 15) is 12.8 Å². The summed E-state index contributed by atoms with van der Waals surface area (Å²) in [5, 5.41) is 0. The molecule has 1 N–H and O–H groups in total. The quantitative estimate of drug-likeness (QED) is 0.829. The summed E-state index contributed by atoms with van der Waals surface area (Å²) in [5.74, 6) is -0.383. The fraction of sp³-hybridized carbons (Fsp3) is 0.600. The number of rotatable bonds is 7. The Bertz CT molecular complexity index is 601. The van der Waals surface area contributed by atoms with Gasteiger partial charge in [0.1, 0.15) is 5.82 Å². The van der Waals surface area contributed by atoms with Crippen molar-refractivity contribution < 1.29 is 17.5 Å². The molecular formula is C15H23FN2O3S. The number of hydrogen-bond acceptors (Lipinski definition) is 4. The zero-order valence-corrected chi connectivity index (χ0v) is 13.8. The van der Waals surface area contributed by atoms with E-state index >= 15 is 0 Å². The molecule has 0 radical (unpaired) electrons. The maximum Gasteiger partial charge on any atom is 0.214 e. The predicted octanol–water partition coefficient (Wildman–Crippen LogP) is 1.88. The Kier molecular flexibility index (Phi) is 5.77. The Hall–Kier alpha value is -1.18. The molecule has 0 spiro atoms. The average molecular weight is 330 g/mol. The molecule has 1 fully saturated rings. The third-order valence-corrected chi connectivity index (χ3v) is 5.22. The van der Waals surface area contributed by atoms with Gasteiger partial charge >= 0.3 is 0 Å². The SMILES string of the molecule is CCN(C)c1ccc(CNS(=O)(=O)C[C@H]2CCCO2)cc1F. The zero-order valence-electron chi connectivity index (χ0n) is 13.0. The van der Waals surface area contributed by atoms with Gasteiger partial charge in [0.2, 0.25) is 10.0 Å². The van der Waals surface area contributed by atoms with E-state index in [1.807, 2.05) is 14.0 Å². The van der Waals surface area contributed by atoms with Crippen LogP contribution in [-0.2, 0) is 21.3 Å². The second kappa shape index (κ2) is 7.39. The summed E-state index contributed by atoms with van der Waals surface area (Å²) in [4.78, 5) is 1.79. The summed E-state index contributed by atoms with van der Waals surface area (Å²) in [7, 11) is -1.61. The van der Waals surface area contributed by atoms with Gasteiger partial charge in [-0.3, -0.25) is 0 Å². The largest absolute Gasteiger partial charge is 0.377 e. The topological polar surface area (TPSA) is 58.6 Å². The van der Waals surface area contributed by atoms with Crippen LogP contribution < -0.4 is 9.62 Å². The lowest BCUT2D eigenvalue weighted by Gasteiger charge is -2.18. The molecule has 1 aromatic carbocycles. The first-order chi connectivity index (χ1) is 10.4. The van der Waals surface area contributed by atoms with Crippen LogP contribution in [0.1, 0.15) is 25.3 Å². The third-order valence-electron chi connectivity index (χ3n) is 3.82. The number of nitrogens with one attached hydrogen (secondary N) is 1. The monoisotopic (exact) mass is 330 g/mol. The molecule has 0 amide bonds. The van der Waals surface area contributed by atoms with Crippen molar-refractivity contribution in [3.63, 3.8) is 0 Å². The lowest BCUT2D eigenvalue weighted by atomic mass is 10.2. The van der Waals surface area contributed by atoms with Crippen LogP contribution in [0.4, 0.5) is 10.1 Å². The van der Waals surface area contributed by atoms with Gasteiger partial charge in [-0.25, -0.2) is 17.5 Å². The summed E-state index contributed by atoms with van der Waals surface area (Å²) in [6, 6.07) is 4.78. The van der Waals surface area contributed by atoms with Crippen molar-refractivity contribution in [1.29, 1.82) is 0 Å². The first-order valence-electron chi connectivity index (χ1n) is 7.50. The Morgan fingerprint density at radius 3 is 2.82 bits per heavy atom. The van der Waals surface area contributed by atoms with E-state index in [0.717, 1.165) is 12.8 Å². The molecule has 0 aliphatic carbocycles. The van der Waals surface area contributed by atoms with Crippen molar-refractivity contribution in [1.82, 2.24) is 4.72 Å². The van der Waals surface area contributed by atoms with Crippen LogP contribution in [0.15, 0.2) is 18.2 Å². The third kappa shape index (κ3) is 4.66. The predicted molar refractivity (Wildman–Crippen MR) is 84.9 cm³/mol.